The molecule has 4 nitrogen and oxygen atoms in total. The highest BCUT2D eigenvalue weighted by atomic mass is 32.2. The molecule has 5 heteroatoms. The number of methoxy groups -OCH3 is 1. The van der Waals surface area contributed by atoms with Crippen molar-refractivity contribution in [3.63, 3.8) is 0 Å². The van der Waals surface area contributed by atoms with Crippen molar-refractivity contribution in [3.8, 4) is 11.5 Å². The second-order valence-corrected chi connectivity index (χ2v) is 5.71. The first-order valence-electron chi connectivity index (χ1n) is 7.79. The van der Waals surface area contributed by atoms with Gasteiger partial charge in [-0.1, -0.05) is 24.3 Å². The Morgan fingerprint density at radius 3 is 2.08 bits per heavy atom. The number of carbonyl (C=O) groups is 1. The highest BCUT2D eigenvalue weighted by molar-refractivity contribution is 7.94. The molecule has 0 heterocycles. The van der Waals surface area contributed by atoms with Crippen LogP contribution in [0.5, 0.6) is 11.5 Å². The molecule has 0 N–H and O–H groups in total. The molecule has 0 saturated heterocycles. The summed E-state index contributed by atoms with van der Waals surface area (Å²) in [5.74, 6) is 1.47. The Morgan fingerprint density at radius 1 is 0.917 bits per heavy atom. The van der Waals surface area contributed by atoms with Gasteiger partial charge in [0.2, 0.25) is 0 Å². The number of hydrogen-bond donors (Lipinski definition) is 0. The molecule has 2 aromatic carbocycles. The van der Waals surface area contributed by atoms with Gasteiger partial charge in [-0.15, -0.1) is 0 Å². The molecule has 0 spiro atoms. The van der Waals surface area contributed by atoms with Crippen molar-refractivity contribution in [2.75, 3.05) is 20.0 Å². The zero-order chi connectivity index (χ0) is 17.2. The van der Waals surface area contributed by atoms with E-state index in [1.54, 1.807) is 0 Å². The molecular weight excluding hydrogens is 324 g/mol. The summed E-state index contributed by atoms with van der Waals surface area (Å²) in [5.41, 5.74) is 2.34. The summed E-state index contributed by atoms with van der Waals surface area (Å²) >= 11 is 1.32. The van der Waals surface area contributed by atoms with E-state index in [9.17, 15) is 4.79 Å². The molecule has 0 saturated carbocycles. The number of aryl methyl sites for hydroxylation is 1. The van der Waals surface area contributed by atoms with Gasteiger partial charge in [0, 0.05) is 19.1 Å². The summed E-state index contributed by atoms with van der Waals surface area (Å²) in [5, 5.41) is 0. The number of ether oxygens (including phenoxy) is 2. The van der Waals surface area contributed by atoms with Crippen LogP contribution in [-0.4, -0.2) is 25.9 Å². The lowest BCUT2D eigenvalue weighted by Gasteiger charge is -2.08. The normalized spacial score (nSPS) is 10.2. The summed E-state index contributed by atoms with van der Waals surface area (Å²) < 4.78 is 15.7. The van der Waals surface area contributed by atoms with Crippen molar-refractivity contribution in [1.29, 1.82) is 0 Å². The van der Waals surface area contributed by atoms with Gasteiger partial charge in [0.1, 0.15) is 11.5 Å². The van der Waals surface area contributed by atoms with E-state index < -0.39 is 0 Å². The van der Waals surface area contributed by atoms with Gasteiger partial charge in [0.15, 0.2) is 0 Å². The Kier molecular flexibility index (Phi) is 7.49. The largest absolute Gasteiger partial charge is 0.493 e. The van der Waals surface area contributed by atoms with Gasteiger partial charge in [0.05, 0.1) is 25.8 Å². The number of carbonyl (C=O) groups excluding carboxylic acids is 1. The molecule has 0 amide bonds. The summed E-state index contributed by atoms with van der Waals surface area (Å²) in [6.45, 7) is 0.615. The first kappa shape index (κ1) is 18.2. The Hall–Kier alpha value is -2.14. The highest BCUT2D eigenvalue weighted by Crippen LogP contribution is 2.20. The molecule has 128 valence electrons. The van der Waals surface area contributed by atoms with Crippen molar-refractivity contribution >= 4 is 18.0 Å². The minimum atomic E-state index is -0.179. The van der Waals surface area contributed by atoms with Crippen molar-refractivity contribution in [1.82, 2.24) is 0 Å². The molecule has 0 fully saturated rings. The minimum absolute atomic E-state index is 0.179. The van der Waals surface area contributed by atoms with Crippen molar-refractivity contribution in [2.24, 2.45) is 0 Å². The third-order valence-corrected chi connectivity index (χ3v) is 3.89. The summed E-state index contributed by atoms with van der Waals surface area (Å²) in [7, 11) is 1.41. The Bertz CT molecular complexity index is 623. The molecule has 2 rings (SSSR count). The van der Waals surface area contributed by atoms with Gasteiger partial charge >= 0.3 is 5.97 Å². The standard InChI is InChI=1S/C19H22O4S/c1-21-19(20)12-7-15-3-5-16(6-4-15)13-14-22-17-8-10-18(11-9-17)23-24-2/h3-6,8-11H,7,12-14H2,1-2H3. The van der Waals surface area contributed by atoms with Gasteiger partial charge in [-0.2, -0.15) is 0 Å². The minimum Gasteiger partial charge on any atom is -0.493 e. The van der Waals surface area contributed by atoms with Crippen LogP contribution in [0.1, 0.15) is 17.5 Å². The second kappa shape index (κ2) is 9.88. The van der Waals surface area contributed by atoms with Gasteiger partial charge in [0.25, 0.3) is 0 Å². The molecule has 0 bridgehead atoms. The number of benzene rings is 2. The van der Waals surface area contributed by atoms with Crippen LogP contribution in [0.4, 0.5) is 0 Å². The van der Waals surface area contributed by atoms with E-state index in [1.807, 2.05) is 42.7 Å². The molecule has 0 aliphatic heterocycles. The van der Waals surface area contributed by atoms with Gasteiger partial charge in [-0.25, -0.2) is 0 Å². The number of esters is 1. The van der Waals surface area contributed by atoms with Crippen molar-refractivity contribution in [2.45, 2.75) is 19.3 Å². The summed E-state index contributed by atoms with van der Waals surface area (Å²) in [6, 6.07) is 15.8. The van der Waals surface area contributed by atoms with Gasteiger partial charge < -0.3 is 13.7 Å². The third kappa shape index (κ3) is 6.16. The summed E-state index contributed by atoms with van der Waals surface area (Å²) in [4.78, 5) is 11.1. The Balaban J connectivity index is 1.74. The molecule has 0 unspecified atom stereocenters. The van der Waals surface area contributed by atoms with Crippen LogP contribution in [0.15, 0.2) is 48.5 Å². The van der Waals surface area contributed by atoms with Gasteiger partial charge in [-0.3, -0.25) is 4.79 Å². The van der Waals surface area contributed by atoms with Crippen LogP contribution in [0.2, 0.25) is 0 Å². The van der Waals surface area contributed by atoms with E-state index >= 15 is 0 Å². The van der Waals surface area contributed by atoms with Crippen LogP contribution in [0.3, 0.4) is 0 Å². The van der Waals surface area contributed by atoms with E-state index in [1.165, 1.54) is 24.7 Å². The third-order valence-electron chi connectivity index (χ3n) is 3.53. The summed E-state index contributed by atoms with van der Waals surface area (Å²) in [6.07, 6.45) is 3.83. The lowest BCUT2D eigenvalue weighted by atomic mass is 10.1. The Labute approximate surface area is 147 Å². The molecule has 24 heavy (non-hydrogen) atoms. The molecular formula is C19H22O4S. The fourth-order valence-electron chi connectivity index (χ4n) is 2.20. The van der Waals surface area contributed by atoms with Gasteiger partial charge in [-0.05, 0) is 41.8 Å². The maximum Gasteiger partial charge on any atom is 0.305 e. The molecule has 0 aliphatic rings. The molecule has 0 aromatic heterocycles. The SMILES string of the molecule is COC(=O)CCc1ccc(CCOc2ccc(OSC)cc2)cc1. The lowest BCUT2D eigenvalue weighted by molar-refractivity contribution is -0.140. The van der Waals surface area contributed by atoms with Crippen LogP contribution < -0.4 is 8.92 Å². The Morgan fingerprint density at radius 2 is 1.50 bits per heavy atom. The van der Waals surface area contributed by atoms with Crippen LogP contribution in [0, 0.1) is 0 Å². The monoisotopic (exact) mass is 346 g/mol. The second-order valence-electron chi connectivity index (χ2n) is 5.21. The first-order valence-corrected chi connectivity index (χ1v) is 8.94. The van der Waals surface area contributed by atoms with Crippen molar-refractivity contribution in [3.05, 3.63) is 59.7 Å². The highest BCUT2D eigenvalue weighted by Gasteiger charge is 2.02. The van der Waals surface area contributed by atoms with E-state index in [0.29, 0.717) is 19.4 Å². The van der Waals surface area contributed by atoms with E-state index in [0.717, 1.165) is 23.5 Å². The molecule has 0 radical (unpaired) electrons. The topological polar surface area (TPSA) is 44.8 Å². The van der Waals surface area contributed by atoms with Crippen molar-refractivity contribution < 1.29 is 18.5 Å². The molecule has 2 aromatic rings. The maximum atomic E-state index is 11.1. The molecule has 0 aliphatic carbocycles. The molecule has 0 atom stereocenters. The van der Waals surface area contributed by atoms with Crippen LogP contribution in [-0.2, 0) is 22.4 Å². The average molecular weight is 346 g/mol. The zero-order valence-electron chi connectivity index (χ0n) is 14.0. The predicted molar refractivity (Wildman–Crippen MR) is 96.6 cm³/mol. The fourth-order valence-corrected chi connectivity index (χ4v) is 2.50. The smallest absolute Gasteiger partial charge is 0.305 e. The average Bonchev–Trinajstić information content (AvgIpc) is 2.62. The fraction of sp³-hybridized carbons (Fsp3) is 0.316. The number of rotatable bonds is 9. The predicted octanol–water partition coefficient (Wildman–Crippen LogP) is 4.07. The lowest BCUT2D eigenvalue weighted by Crippen LogP contribution is -2.03. The van der Waals surface area contributed by atoms with Crippen LogP contribution in [0.25, 0.3) is 0 Å². The first-order chi connectivity index (χ1) is 11.7. The quantitative estimate of drug-likeness (QED) is 0.506. The zero-order valence-corrected chi connectivity index (χ0v) is 14.8. The van der Waals surface area contributed by atoms with E-state index in [2.05, 4.69) is 16.9 Å². The van der Waals surface area contributed by atoms with E-state index in [-0.39, 0.29) is 5.97 Å². The number of hydrogen-bond acceptors (Lipinski definition) is 5. The maximum absolute atomic E-state index is 11.1. The van der Waals surface area contributed by atoms with E-state index in [4.69, 9.17) is 8.92 Å². The van der Waals surface area contributed by atoms with Crippen LogP contribution >= 0.6 is 12.0 Å².